The molecule has 0 spiro atoms. The molecule has 1 aliphatic heterocycles. The van der Waals surface area contributed by atoms with Gasteiger partial charge in [-0.25, -0.2) is 9.97 Å². The van der Waals surface area contributed by atoms with Gasteiger partial charge in [-0.05, 0) is 13.8 Å². The van der Waals surface area contributed by atoms with Crippen LogP contribution < -0.4 is 5.32 Å². The van der Waals surface area contributed by atoms with Crippen molar-refractivity contribution < 1.29 is 13.2 Å². The molecule has 0 aliphatic carbocycles. The van der Waals surface area contributed by atoms with E-state index < -0.39 is 12.2 Å². The molecule has 0 bridgehead atoms. The summed E-state index contributed by atoms with van der Waals surface area (Å²) in [5.74, 6) is 0.659. The standard InChI is InChI=1S/C11H15F3N4/c1-7-3-10(16-6-15-7)17-9-4-18(5-9)8(2)11(12,13)14/h3,6,8-9H,4-5H2,1-2H3,(H,15,16,17)/t8-/m1/s1. The van der Waals surface area contributed by atoms with E-state index >= 15 is 0 Å². The highest BCUT2D eigenvalue weighted by atomic mass is 19.4. The van der Waals surface area contributed by atoms with Crippen LogP contribution in [0, 0.1) is 6.92 Å². The largest absolute Gasteiger partial charge is 0.403 e. The number of aryl methyl sites for hydroxylation is 1. The Bertz CT molecular complexity index is 415. The summed E-state index contributed by atoms with van der Waals surface area (Å²) >= 11 is 0. The molecule has 2 heterocycles. The van der Waals surface area contributed by atoms with Gasteiger partial charge in [-0.1, -0.05) is 0 Å². The summed E-state index contributed by atoms with van der Waals surface area (Å²) < 4.78 is 37.3. The lowest BCUT2D eigenvalue weighted by Crippen LogP contribution is -2.61. The van der Waals surface area contributed by atoms with Gasteiger partial charge in [0.2, 0.25) is 0 Å². The molecule has 7 heteroatoms. The van der Waals surface area contributed by atoms with Crippen molar-refractivity contribution in [2.75, 3.05) is 18.4 Å². The first-order valence-electron chi connectivity index (χ1n) is 5.72. The SMILES string of the molecule is Cc1cc(NC2CN([C@H](C)C(F)(F)F)C2)ncn1. The first kappa shape index (κ1) is 13.1. The molecule has 0 saturated carbocycles. The van der Waals surface area contributed by atoms with Gasteiger partial charge >= 0.3 is 6.18 Å². The minimum Gasteiger partial charge on any atom is -0.365 e. The average Bonchev–Trinajstić information content (AvgIpc) is 2.20. The molecular weight excluding hydrogens is 245 g/mol. The van der Waals surface area contributed by atoms with Gasteiger partial charge in [-0.2, -0.15) is 13.2 Å². The number of halogens is 3. The van der Waals surface area contributed by atoms with Crippen molar-refractivity contribution in [2.24, 2.45) is 0 Å². The summed E-state index contributed by atoms with van der Waals surface area (Å²) in [5, 5.41) is 3.10. The zero-order chi connectivity index (χ0) is 13.3. The summed E-state index contributed by atoms with van der Waals surface area (Å²) in [7, 11) is 0. The fourth-order valence-electron chi connectivity index (χ4n) is 1.87. The molecule has 1 atom stereocenters. The van der Waals surface area contributed by atoms with Crippen LogP contribution in [0.15, 0.2) is 12.4 Å². The van der Waals surface area contributed by atoms with E-state index in [1.165, 1.54) is 18.2 Å². The van der Waals surface area contributed by atoms with Crippen LogP contribution in [0.2, 0.25) is 0 Å². The monoisotopic (exact) mass is 260 g/mol. The van der Waals surface area contributed by atoms with Crippen LogP contribution in [-0.4, -0.2) is 46.2 Å². The maximum Gasteiger partial charge on any atom is 0.403 e. The number of nitrogens with zero attached hydrogens (tertiary/aromatic N) is 3. The van der Waals surface area contributed by atoms with Crippen molar-refractivity contribution in [1.82, 2.24) is 14.9 Å². The van der Waals surface area contributed by atoms with E-state index in [1.807, 2.05) is 6.92 Å². The molecular formula is C11H15F3N4. The highest BCUT2D eigenvalue weighted by Crippen LogP contribution is 2.28. The van der Waals surface area contributed by atoms with E-state index in [4.69, 9.17) is 0 Å². The molecule has 4 nitrogen and oxygen atoms in total. The van der Waals surface area contributed by atoms with Gasteiger partial charge in [-0.3, -0.25) is 4.90 Å². The van der Waals surface area contributed by atoms with Crippen molar-refractivity contribution in [2.45, 2.75) is 32.1 Å². The average molecular weight is 260 g/mol. The second-order valence-electron chi connectivity index (χ2n) is 4.56. The topological polar surface area (TPSA) is 41.0 Å². The van der Waals surface area contributed by atoms with Crippen LogP contribution in [0.3, 0.4) is 0 Å². The number of likely N-dealkylation sites (tertiary alicyclic amines) is 1. The lowest BCUT2D eigenvalue weighted by atomic mass is 10.1. The first-order chi connectivity index (χ1) is 8.36. The molecule has 0 aromatic carbocycles. The van der Waals surface area contributed by atoms with E-state index in [0.29, 0.717) is 18.9 Å². The maximum absolute atomic E-state index is 12.4. The molecule has 2 rings (SSSR count). The minimum atomic E-state index is -4.16. The van der Waals surface area contributed by atoms with Crippen molar-refractivity contribution >= 4 is 5.82 Å². The Labute approximate surface area is 103 Å². The number of alkyl halides is 3. The Morgan fingerprint density at radius 2 is 2.06 bits per heavy atom. The number of hydrogen-bond acceptors (Lipinski definition) is 4. The summed E-state index contributed by atoms with van der Waals surface area (Å²) in [6.45, 7) is 3.78. The number of aromatic nitrogens is 2. The van der Waals surface area contributed by atoms with Gasteiger partial charge < -0.3 is 5.32 Å². The molecule has 18 heavy (non-hydrogen) atoms. The first-order valence-corrected chi connectivity index (χ1v) is 5.72. The van der Waals surface area contributed by atoms with E-state index in [2.05, 4.69) is 15.3 Å². The van der Waals surface area contributed by atoms with E-state index in [-0.39, 0.29) is 6.04 Å². The van der Waals surface area contributed by atoms with Gasteiger partial charge in [0.1, 0.15) is 18.2 Å². The predicted molar refractivity (Wildman–Crippen MR) is 61.3 cm³/mol. The van der Waals surface area contributed by atoms with Crippen LogP contribution in [0.25, 0.3) is 0 Å². The molecule has 0 unspecified atom stereocenters. The minimum absolute atomic E-state index is 0.0177. The van der Waals surface area contributed by atoms with Crippen LogP contribution >= 0.6 is 0 Å². The molecule has 1 fully saturated rings. The lowest BCUT2D eigenvalue weighted by Gasteiger charge is -2.43. The van der Waals surface area contributed by atoms with Crippen LogP contribution in [0.1, 0.15) is 12.6 Å². The Morgan fingerprint density at radius 3 is 2.61 bits per heavy atom. The normalized spacial score (nSPS) is 19.4. The molecule has 1 saturated heterocycles. The van der Waals surface area contributed by atoms with Crippen molar-refractivity contribution in [3.63, 3.8) is 0 Å². The Morgan fingerprint density at radius 1 is 1.39 bits per heavy atom. The fourth-order valence-corrected chi connectivity index (χ4v) is 1.87. The molecule has 1 aliphatic rings. The third-order valence-electron chi connectivity index (χ3n) is 3.09. The maximum atomic E-state index is 12.4. The Balaban J connectivity index is 1.83. The summed E-state index contributed by atoms with van der Waals surface area (Å²) in [4.78, 5) is 9.37. The van der Waals surface area contributed by atoms with Crippen molar-refractivity contribution in [3.8, 4) is 0 Å². The fraction of sp³-hybridized carbons (Fsp3) is 0.636. The van der Waals surface area contributed by atoms with Gasteiger partial charge in [0.25, 0.3) is 0 Å². The second-order valence-corrected chi connectivity index (χ2v) is 4.56. The molecule has 1 aromatic heterocycles. The van der Waals surface area contributed by atoms with Crippen molar-refractivity contribution in [1.29, 1.82) is 0 Å². The van der Waals surface area contributed by atoms with Crippen molar-refractivity contribution in [3.05, 3.63) is 18.1 Å². The molecule has 0 amide bonds. The van der Waals surface area contributed by atoms with Crippen LogP contribution in [-0.2, 0) is 0 Å². The van der Waals surface area contributed by atoms with Gasteiger partial charge in [-0.15, -0.1) is 0 Å². The van der Waals surface area contributed by atoms with E-state index in [1.54, 1.807) is 6.07 Å². The van der Waals surface area contributed by atoms with Gasteiger partial charge in [0.05, 0.1) is 6.04 Å². The van der Waals surface area contributed by atoms with E-state index in [0.717, 1.165) is 5.69 Å². The molecule has 1 aromatic rings. The third kappa shape index (κ3) is 2.90. The van der Waals surface area contributed by atoms with Gasteiger partial charge in [0.15, 0.2) is 0 Å². The van der Waals surface area contributed by atoms with E-state index in [9.17, 15) is 13.2 Å². The highest BCUT2D eigenvalue weighted by molar-refractivity contribution is 5.36. The lowest BCUT2D eigenvalue weighted by molar-refractivity contribution is -0.188. The summed E-state index contributed by atoms with van der Waals surface area (Å²) in [5.41, 5.74) is 0.826. The zero-order valence-corrected chi connectivity index (χ0v) is 10.2. The number of nitrogens with one attached hydrogen (secondary N) is 1. The zero-order valence-electron chi connectivity index (χ0n) is 10.2. The quantitative estimate of drug-likeness (QED) is 0.900. The second kappa shape index (κ2) is 4.72. The predicted octanol–water partition coefficient (Wildman–Crippen LogP) is 1.83. The van der Waals surface area contributed by atoms with Crippen LogP contribution in [0.5, 0.6) is 0 Å². The summed E-state index contributed by atoms with van der Waals surface area (Å²) in [6, 6.07) is 0.405. The smallest absolute Gasteiger partial charge is 0.365 e. The molecule has 1 N–H and O–H groups in total. The Hall–Kier alpha value is -1.37. The highest BCUT2D eigenvalue weighted by Gasteiger charge is 2.44. The Kier molecular flexibility index (Phi) is 3.43. The number of rotatable bonds is 3. The molecule has 100 valence electrons. The third-order valence-corrected chi connectivity index (χ3v) is 3.09. The molecule has 0 radical (unpaired) electrons. The van der Waals surface area contributed by atoms with Gasteiger partial charge in [0, 0.05) is 24.8 Å². The number of hydrogen-bond donors (Lipinski definition) is 1. The summed E-state index contributed by atoms with van der Waals surface area (Å²) in [6.07, 6.45) is -2.72. The number of anilines is 1. The van der Waals surface area contributed by atoms with Crippen LogP contribution in [0.4, 0.5) is 19.0 Å².